The highest BCUT2D eigenvalue weighted by Gasteiger charge is 2.50. The van der Waals surface area contributed by atoms with E-state index in [2.05, 4.69) is 45.3 Å². The number of hydrogen-bond acceptors (Lipinski definition) is 26. The maximum Gasteiger partial charge on any atom is 0.418 e. The first-order valence-electron chi connectivity index (χ1n) is 27.9. The lowest BCUT2D eigenvalue weighted by molar-refractivity contribution is -0.148. The van der Waals surface area contributed by atoms with Crippen molar-refractivity contribution in [3.8, 4) is 29.5 Å². The summed E-state index contributed by atoms with van der Waals surface area (Å²) < 4.78 is 229. The van der Waals surface area contributed by atoms with Gasteiger partial charge in [0.05, 0.1) is 86.3 Å². The van der Waals surface area contributed by atoms with E-state index in [9.17, 15) is 84.3 Å². The lowest BCUT2D eigenvalue weighted by Crippen LogP contribution is -2.48. The van der Waals surface area contributed by atoms with Gasteiger partial charge in [0.25, 0.3) is 36.9 Å². The average Bonchev–Trinajstić information content (AvgIpc) is 1.69. The molecule has 0 fully saturated rings. The van der Waals surface area contributed by atoms with Gasteiger partial charge >= 0.3 is 30.3 Å². The van der Waals surface area contributed by atoms with Crippen molar-refractivity contribution in [2.24, 2.45) is 12.1 Å². The number of aromatic hydroxyl groups is 1. The monoisotopic (exact) mass is 1530 g/mol. The minimum Gasteiger partial charge on any atom is -0.493 e. The van der Waals surface area contributed by atoms with Gasteiger partial charge in [-0.3, -0.25) is 9.52 Å². The molecule has 45 heteroatoms. The summed E-state index contributed by atoms with van der Waals surface area (Å²) in [6.07, 6.45) is -7.43. The van der Waals surface area contributed by atoms with Gasteiger partial charge in [-0.25, -0.2) is 64.0 Å². The minimum atomic E-state index is -4.98. The van der Waals surface area contributed by atoms with E-state index in [-0.39, 0.29) is 60.2 Å². The summed E-state index contributed by atoms with van der Waals surface area (Å²) in [6, 6.07) is 11.1. The number of nitrogens with zero attached hydrogens (tertiary/aromatic N) is 13. The number of para-hydroxylation sites is 1. The van der Waals surface area contributed by atoms with Crippen molar-refractivity contribution in [1.82, 2.24) is 53.9 Å². The lowest BCUT2D eigenvalue weighted by atomic mass is 9.95. The van der Waals surface area contributed by atoms with E-state index < -0.39 is 144 Å². The zero-order valence-electron chi connectivity index (χ0n) is 53.4. The maximum absolute atomic E-state index is 13.7. The summed E-state index contributed by atoms with van der Waals surface area (Å²) in [5, 5.41) is 26.6. The Bertz CT molecular complexity index is 5050. The summed E-state index contributed by atoms with van der Waals surface area (Å²) in [7, 11) is -7.33. The quantitative estimate of drug-likeness (QED) is 0.0413. The van der Waals surface area contributed by atoms with Gasteiger partial charge in [0.2, 0.25) is 29.3 Å². The third-order valence-corrected chi connectivity index (χ3v) is 17.6. The Morgan fingerprint density at radius 1 is 0.743 bits per heavy atom. The second-order valence-corrected chi connectivity index (χ2v) is 26.3. The van der Waals surface area contributed by atoms with Crippen LogP contribution in [0.2, 0.25) is 10.0 Å². The predicted molar refractivity (Wildman–Crippen MR) is 335 cm³/mol. The standard InChI is InChI=1S/C16H18Cl2N2O4.C14H13F3N6O5S.C14H13F3N2O4S.C12H8F3N5O3S/c1-4-23-14(21)12-9-16(3,15(22)24-5-2)20(19-12)13-7-6-10(17)8-11(13)18;1-26-8-6-9(27-2)23-13(19-8)20-12(21-23)22-29(24,25)10-7(14(15,16)17)4-5-18-11(10)28-3;1-7-11(13(21)19(2)18-7)12(20)9-5-4-8(14(15,16)17)6-10(9)24(3,22)23;1-23-12-16-5-8(15)10-17-11(18-20(10)12)24(21,22)19-9-6(13)3-2-4-7(9)14/h6-8H,4-5,9H2,1-3H3;4-6H,1-3H3,(H,21,22);4-6,21H,1-3H3;2-5,19H,1H3. The van der Waals surface area contributed by atoms with Crippen LogP contribution in [0, 0.1) is 24.4 Å². The van der Waals surface area contributed by atoms with Gasteiger partial charge in [-0.1, -0.05) is 29.3 Å². The molecule has 0 aliphatic carbocycles. The van der Waals surface area contributed by atoms with Crippen molar-refractivity contribution in [1.29, 1.82) is 0 Å². The van der Waals surface area contributed by atoms with E-state index in [0.29, 0.717) is 44.7 Å². The number of alkyl halides is 6. The van der Waals surface area contributed by atoms with Crippen LogP contribution in [0.3, 0.4) is 0 Å². The smallest absolute Gasteiger partial charge is 0.418 e. The summed E-state index contributed by atoms with van der Waals surface area (Å²) in [4.78, 5) is 53.5. The molecule has 3 aromatic carbocycles. The third-order valence-electron chi connectivity index (χ3n) is 13.4. The first-order valence-corrected chi connectivity index (χ1v) is 33.5. The van der Waals surface area contributed by atoms with Gasteiger partial charge in [0, 0.05) is 36.5 Å². The molecule has 0 radical (unpaired) electrons. The number of anilines is 3. The molecule has 542 valence electrons. The van der Waals surface area contributed by atoms with Crippen LogP contribution in [0.5, 0.6) is 29.5 Å². The van der Waals surface area contributed by atoms with Gasteiger partial charge in [-0.2, -0.15) is 68.9 Å². The number of esters is 2. The highest BCUT2D eigenvalue weighted by Crippen LogP contribution is 2.41. The van der Waals surface area contributed by atoms with E-state index in [4.69, 9.17) is 51.6 Å². The van der Waals surface area contributed by atoms with Crippen LogP contribution in [0.1, 0.15) is 59.9 Å². The molecule has 1 aliphatic heterocycles. The van der Waals surface area contributed by atoms with Crippen LogP contribution in [0.25, 0.3) is 11.4 Å². The fourth-order valence-corrected chi connectivity index (χ4v) is 12.4. The number of nitrogens with one attached hydrogen (secondary N) is 2. The molecule has 9 aromatic rings. The molecule has 0 spiro atoms. The third kappa shape index (κ3) is 17.3. The van der Waals surface area contributed by atoms with Crippen molar-refractivity contribution in [3.05, 3.63) is 135 Å². The number of rotatable bonds is 18. The Balaban J connectivity index is 0.000000190. The number of methoxy groups -OCH3 is 4. The Labute approximate surface area is 574 Å². The molecular formula is C56H52Cl2F9N15O16S3. The molecule has 1 unspecified atom stereocenters. The van der Waals surface area contributed by atoms with E-state index in [1.807, 2.05) is 4.72 Å². The number of ether oxygens (including phenoxy) is 6. The van der Waals surface area contributed by atoms with Crippen LogP contribution in [-0.2, 0) is 68.3 Å². The summed E-state index contributed by atoms with van der Waals surface area (Å²) in [6.45, 7) is 6.90. The topological polar surface area (TPSA) is 386 Å². The van der Waals surface area contributed by atoms with Gasteiger partial charge in [-0.05, 0) is 82.3 Å². The number of sulfonamides is 2. The number of carbonyl (C=O) groups is 3. The molecule has 101 heavy (non-hydrogen) atoms. The second-order valence-electron chi connectivity index (χ2n) is 20.3. The van der Waals surface area contributed by atoms with Crippen molar-refractivity contribution in [3.63, 3.8) is 0 Å². The SMILES string of the molecule is CCOC(=O)C1=NN(c2ccc(Cl)cc2Cl)C(C)(C(=O)OCC)C1.COc1cc(OC)n2nc(NS(=O)(=O)c3c(C(F)(F)F)ccnc3OC)nc2n1.COc1ncc(F)c2nc(S(=O)(=O)Nc3c(F)cccc3F)nn12.Cc1nn(C)c(O)c1C(=O)c1ccc(C(F)(F)F)cc1S(C)(=O)=O. The molecule has 1 atom stereocenters. The number of aromatic nitrogens is 11. The number of carbonyl (C=O) groups excluding carboxylic acids is 3. The summed E-state index contributed by atoms with van der Waals surface area (Å²) in [5.74, 6) is -6.93. The van der Waals surface area contributed by atoms with Gasteiger partial charge < -0.3 is 33.5 Å². The number of hydrogen-bond donors (Lipinski definition) is 3. The fourth-order valence-electron chi connectivity index (χ4n) is 8.83. The molecule has 0 bridgehead atoms. The highest BCUT2D eigenvalue weighted by atomic mass is 35.5. The number of pyridine rings is 1. The van der Waals surface area contributed by atoms with Crippen molar-refractivity contribution < 1.29 is 113 Å². The molecule has 1 aliphatic rings. The van der Waals surface area contributed by atoms with Crippen molar-refractivity contribution in [2.75, 3.05) is 62.4 Å². The number of benzene rings is 3. The van der Waals surface area contributed by atoms with E-state index in [1.54, 1.807) is 43.7 Å². The Kier molecular flexibility index (Phi) is 23.6. The Hall–Kier alpha value is -10.4. The van der Waals surface area contributed by atoms with E-state index in [0.717, 1.165) is 53.0 Å². The fraction of sp³-hybridized carbons (Fsp3) is 0.286. The zero-order chi connectivity index (χ0) is 75.2. The molecular weight excluding hydrogens is 1480 g/mol. The molecule has 3 N–H and O–H groups in total. The lowest BCUT2D eigenvalue weighted by Gasteiger charge is -2.32. The first-order chi connectivity index (χ1) is 47.1. The second kappa shape index (κ2) is 30.6. The summed E-state index contributed by atoms with van der Waals surface area (Å²) in [5.41, 5.74) is -5.23. The van der Waals surface area contributed by atoms with Crippen LogP contribution >= 0.6 is 23.2 Å². The molecule has 0 saturated carbocycles. The number of aryl methyl sites for hydroxylation is 2. The average molecular weight is 1530 g/mol. The number of sulfone groups is 1. The van der Waals surface area contributed by atoms with Gasteiger partial charge in [-0.15, -0.1) is 10.2 Å². The maximum atomic E-state index is 13.7. The Morgan fingerprint density at radius 2 is 1.41 bits per heavy atom. The molecule has 7 heterocycles. The van der Waals surface area contributed by atoms with Gasteiger partial charge in [0.15, 0.2) is 31.7 Å². The number of hydrazone groups is 1. The molecule has 6 aromatic heterocycles. The van der Waals surface area contributed by atoms with E-state index >= 15 is 0 Å². The van der Waals surface area contributed by atoms with Crippen LogP contribution in [-0.4, -0.2) is 161 Å². The Morgan fingerprint density at radius 3 is 1.96 bits per heavy atom. The van der Waals surface area contributed by atoms with Crippen molar-refractivity contribution >= 4 is 105 Å². The molecule has 10 rings (SSSR count). The van der Waals surface area contributed by atoms with E-state index in [1.165, 1.54) is 46.4 Å². The first kappa shape index (κ1) is 77.9. The number of fused-ring (bicyclic) bond motifs is 2. The van der Waals surface area contributed by atoms with Crippen molar-refractivity contribution in [2.45, 2.75) is 67.0 Å². The van der Waals surface area contributed by atoms with Crippen LogP contribution < -0.4 is 33.4 Å². The predicted octanol–water partition coefficient (Wildman–Crippen LogP) is 8.25. The number of halogens is 11. The summed E-state index contributed by atoms with van der Waals surface area (Å²) >= 11 is 12.2. The highest BCUT2D eigenvalue weighted by molar-refractivity contribution is 7.93. The normalized spacial score (nSPS) is 13.9. The molecule has 31 nitrogen and oxygen atoms in total. The van der Waals surface area contributed by atoms with Crippen LogP contribution in [0.4, 0.5) is 56.8 Å². The largest absolute Gasteiger partial charge is 0.493 e. The molecule has 0 saturated heterocycles. The minimum absolute atomic E-state index is 0.0591. The zero-order valence-corrected chi connectivity index (χ0v) is 57.4. The van der Waals surface area contributed by atoms with Gasteiger partial charge in [0.1, 0.15) is 28.6 Å². The number of ketones is 1. The van der Waals surface area contributed by atoms with Crippen LogP contribution in [0.15, 0.2) is 99.2 Å². The molecule has 0 amide bonds.